The summed E-state index contributed by atoms with van der Waals surface area (Å²) in [5, 5.41) is 3.83. The second-order valence-electron chi connectivity index (χ2n) is 1.09. The molecular weight excluding hydrogens is 191 g/mol. The molecular formula is C3H7IN2. The molecule has 0 atom stereocenters. The van der Waals surface area contributed by atoms with Gasteiger partial charge in [-0.25, -0.2) is 5.43 Å². The number of halogens is 1. The lowest BCUT2D eigenvalue weighted by atomic mass is 10.5. The maximum Gasteiger partial charge on any atom is 0.105 e. The molecule has 0 bridgehead atoms. The lowest BCUT2D eigenvalue weighted by molar-refractivity contribution is -0.651. The molecule has 2 nitrogen and oxygen atoms in total. The van der Waals surface area contributed by atoms with Crippen LogP contribution in [0, 0.1) is 0 Å². The topological polar surface area (TPSA) is 29.0 Å². The van der Waals surface area contributed by atoms with Crippen LogP contribution in [0.1, 0.15) is 6.42 Å². The Bertz CT molecular complexity index is 46.8. The average Bonchev–Trinajstić information content (AvgIpc) is 1.76. The molecule has 2 N–H and O–H groups in total. The number of nitrogens with two attached hydrogens (primary N) is 1. The molecule has 0 spiro atoms. The first kappa shape index (κ1) is 6.36. The average molecular weight is 198 g/mol. The van der Waals surface area contributed by atoms with Crippen LogP contribution in [0.15, 0.2) is 5.10 Å². The highest BCUT2D eigenvalue weighted by Gasteiger charge is 1.89. The molecule has 0 aliphatic carbocycles. The molecule has 1 aliphatic heterocycles. The van der Waals surface area contributed by atoms with Crippen molar-refractivity contribution in [2.24, 2.45) is 5.10 Å². The lowest BCUT2D eigenvalue weighted by Crippen LogP contribution is -3.00. The second-order valence-corrected chi connectivity index (χ2v) is 1.09. The van der Waals surface area contributed by atoms with Gasteiger partial charge in [0.1, 0.15) is 6.54 Å². The quantitative estimate of drug-likeness (QED) is 0.303. The third-order valence-electron chi connectivity index (χ3n) is 0.636. The number of hydrogen-bond acceptors (Lipinski definition) is 1. The Morgan fingerprint density at radius 1 is 1.67 bits per heavy atom. The van der Waals surface area contributed by atoms with E-state index in [9.17, 15) is 0 Å². The zero-order valence-corrected chi connectivity index (χ0v) is 5.55. The van der Waals surface area contributed by atoms with Crippen molar-refractivity contribution in [3.63, 3.8) is 0 Å². The highest BCUT2D eigenvalue weighted by Crippen LogP contribution is 1.65. The van der Waals surface area contributed by atoms with Gasteiger partial charge in [-0.15, -0.1) is 0 Å². The fourth-order valence-corrected chi connectivity index (χ4v) is 0.373. The summed E-state index contributed by atoms with van der Waals surface area (Å²) in [5.74, 6) is 0. The number of quaternary nitrogens is 1. The van der Waals surface area contributed by atoms with Crippen LogP contribution in [0.25, 0.3) is 0 Å². The maximum atomic E-state index is 3.83. The van der Waals surface area contributed by atoms with E-state index in [1.54, 1.807) is 0 Å². The molecule has 1 aliphatic rings. The maximum absolute atomic E-state index is 3.83. The SMILES string of the molecule is C1=N[NH2+]CC1.[I-]. The lowest BCUT2D eigenvalue weighted by Gasteiger charge is -1.68. The van der Waals surface area contributed by atoms with Crippen LogP contribution >= 0.6 is 0 Å². The van der Waals surface area contributed by atoms with Crippen molar-refractivity contribution in [1.82, 2.24) is 0 Å². The van der Waals surface area contributed by atoms with E-state index in [4.69, 9.17) is 0 Å². The summed E-state index contributed by atoms with van der Waals surface area (Å²) >= 11 is 0. The van der Waals surface area contributed by atoms with E-state index in [0.29, 0.717) is 0 Å². The van der Waals surface area contributed by atoms with Gasteiger partial charge in [0.2, 0.25) is 0 Å². The predicted octanol–water partition coefficient (Wildman–Crippen LogP) is -4.06. The van der Waals surface area contributed by atoms with Gasteiger partial charge in [-0.3, -0.25) is 0 Å². The van der Waals surface area contributed by atoms with Crippen LogP contribution in [-0.2, 0) is 0 Å². The van der Waals surface area contributed by atoms with Crippen molar-refractivity contribution in [3.8, 4) is 0 Å². The zero-order valence-electron chi connectivity index (χ0n) is 3.39. The molecule has 36 valence electrons. The van der Waals surface area contributed by atoms with Gasteiger partial charge in [-0.05, 0) is 0 Å². The summed E-state index contributed by atoms with van der Waals surface area (Å²) < 4.78 is 0. The fraction of sp³-hybridized carbons (Fsp3) is 0.667. The minimum Gasteiger partial charge on any atom is -1.00 e. The second kappa shape index (κ2) is 3.55. The standard InChI is InChI=1S/C3H6N2.HI/c1-2-4-5-3-1;/h2,5H,1,3H2;1H. The minimum atomic E-state index is 0. The first-order chi connectivity index (χ1) is 2.50. The molecule has 0 saturated heterocycles. The highest BCUT2D eigenvalue weighted by molar-refractivity contribution is 5.56. The Hall–Kier alpha value is 0.360. The Labute approximate surface area is 54.0 Å². The highest BCUT2D eigenvalue weighted by atomic mass is 127. The molecule has 1 rings (SSSR count). The van der Waals surface area contributed by atoms with Gasteiger partial charge in [0, 0.05) is 6.42 Å². The van der Waals surface area contributed by atoms with Gasteiger partial charge in [0.15, 0.2) is 0 Å². The first-order valence-electron chi connectivity index (χ1n) is 1.83. The van der Waals surface area contributed by atoms with Crippen LogP contribution in [0.5, 0.6) is 0 Å². The summed E-state index contributed by atoms with van der Waals surface area (Å²) in [4.78, 5) is 0. The Morgan fingerprint density at radius 2 is 2.50 bits per heavy atom. The van der Waals surface area contributed by atoms with Gasteiger partial charge >= 0.3 is 0 Å². The summed E-state index contributed by atoms with van der Waals surface area (Å²) in [6.07, 6.45) is 3.08. The third-order valence-corrected chi connectivity index (χ3v) is 0.636. The Kier molecular flexibility index (Phi) is 3.76. The van der Waals surface area contributed by atoms with Crippen LogP contribution in [0.2, 0.25) is 0 Å². The molecule has 1 heterocycles. The molecule has 0 saturated carbocycles. The summed E-state index contributed by atoms with van der Waals surface area (Å²) in [5.41, 5.74) is 1.93. The summed E-state index contributed by atoms with van der Waals surface area (Å²) in [6, 6.07) is 0. The number of nitrogens with zero attached hydrogens (tertiary/aromatic N) is 1. The van der Waals surface area contributed by atoms with Crippen LogP contribution < -0.4 is 29.4 Å². The van der Waals surface area contributed by atoms with Crippen LogP contribution in [-0.4, -0.2) is 12.8 Å². The molecule has 3 heteroatoms. The van der Waals surface area contributed by atoms with Gasteiger partial charge in [0.05, 0.1) is 6.21 Å². The van der Waals surface area contributed by atoms with E-state index in [2.05, 4.69) is 5.10 Å². The third kappa shape index (κ3) is 1.71. The zero-order chi connectivity index (χ0) is 3.54. The van der Waals surface area contributed by atoms with Gasteiger partial charge < -0.3 is 24.0 Å². The first-order valence-corrected chi connectivity index (χ1v) is 1.83. The Morgan fingerprint density at radius 3 is 2.67 bits per heavy atom. The van der Waals surface area contributed by atoms with Gasteiger partial charge in [0.25, 0.3) is 0 Å². The molecule has 0 aromatic heterocycles. The smallest absolute Gasteiger partial charge is 0.105 e. The molecule has 6 heavy (non-hydrogen) atoms. The molecule has 0 aromatic carbocycles. The van der Waals surface area contributed by atoms with Gasteiger partial charge in [-0.1, -0.05) is 5.10 Å². The van der Waals surface area contributed by atoms with Crippen molar-refractivity contribution < 1.29 is 29.4 Å². The minimum absolute atomic E-state index is 0. The summed E-state index contributed by atoms with van der Waals surface area (Å²) in [6.45, 7) is 1.15. The normalized spacial score (nSPS) is 17.3. The predicted molar refractivity (Wildman–Crippen MR) is 19.9 cm³/mol. The van der Waals surface area contributed by atoms with Gasteiger partial charge in [-0.2, -0.15) is 0 Å². The van der Waals surface area contributed by atoms with Crippen LogP contribution in [0.4, 0.5) is 0 Å². The van der Waals surface area contributed by atoms with E-state index in [-0.39, 0.29) is 24.0 Å². The van der Waals surface area contributed by atoms with E-state index in [1.807, 2.05) is 11.6 Å². The number of hydrogen-bond donors (Lipinski definition) is 1. The van der Waals surface area contributed by atoms with Crippen molar-refractivity contribution in [3.05, 3.63) is 0 Å². The number of rotatable bonds is 0. The van der Waals surface area contributed by atoms with E-state index in [0.717, 1.165) is 13.0 Å². The molecule has 0 fully saturated rings. The Balaban J connectivity index is 0.000000250. The van der Waals surface area contributed by atoms with Crippen molar-refractivity contribution >= 4 is 6.21 Å². The van der Waals surface area contributed by atoms with Crippen LogP contribution in [0.3, 0.4) is 0 Å². The van der Waals surface area contributed by atoms with E-state index >= 15 is 0 Å². The summed E-state index contributed by atoms with van der Waals surface area (Å²) in [7, 11) is 0. The molecule has 0 radical (unpaired) electrons. The fourth-order valence-electron chi connectivity index (χ4n) is 0.373. The van der Waals surface area contributed by atoms with E-state index in [1.165, 1.54) is 0 Å². The van der Waals surface area contributed by atoms with Crippen molar-refractivity contribution in [2.75, 3.05) is 6.54 Å². The van der Waals surface area contributed by atoms with Crippen molar-refractivity contribution in [2.45, 2.75) is 6.42 Å². The van der Waals surface area contributed by atoms with Crippen molar-refractivity contribution in [1.29, 1.82) is 0 Å². The molecule has 0 unspecified atom stereocenters. The largest absolute Gasteiger partial charge is 1.00 e. The monoisotopic (exact) mass is 198 g/mol. The molecule has 0 amide bonds. The molecule has 0 aromatic rings. The van der Waals surface area contributed by atoms with E-state index < -0.39 is 0 Å².